The number of ether oxygens (including phenoxy) is 1. The summed E-state index contributed by atoms with van der Waals surface area (Å²) in [5.41, 5.74) is 3.69. The number of hydrogen-bond donors (Lipinski definition) is 0. The molecule has 1 aliphatic heterocycles. The number of aromatic nitrogens is 2. The molecule has 3 heterocycles. The molecule has 0 saturated carbocycles. The maximum Gasteiger partial charge on any atom is 0.348 e. The van der Waals surface area contributed by atoms with Crippen LogP contribution in [0.4, 0.5) is 5.69 Å². The van der Waals surface area contributed by atoms with E-state index in [2.05, 4.69) is 5.10 Å². The van der Waals surface area contributed by atoms with Crippen molar-refractivity contribution in [1.82, 2.24) is 9.78 Å². The van der Waals surface area contributed by atoms with E-state index in [0.717, 1.165) is 39.3 Å². The summed E-state index contributed by atoms with van der Waals surface area (Å²) in [6.07, 6.45) is 0.812. The average Bonchev–Trinajstić information content (AvgIpc) is 3.47. The van der Waals surface area contributed by atoms with Crippen molar-refractivity contribution >= 4 is 50.7 Å². The SMILES string of the molecule is Cc1nn(-c2ccc(Cl)cc2)c2sc(C(=O)OCC(=O)N3CCc4ccccc43)cc12. The molecule has 1 amide bonds. The maximum atomic E-state index is 12.7. The van der Waals surface area contributed by atoms with E-state index in [1.165, 1.54) is 11.3 Å². The second kappa shape index (κ2) is 7.83. The number of benzene rings is 2. The van der Waals surface area contributed by atoms with Crippen molar-refractivity contribution in [1.29, 1.82) is 0 Å². The van der Waals surface area contributed by atoms with Crippen LogP contribution in [0.15, 0.2) is 54.6 Å². The van der Waals surface area contributed by atoms with Gasteiger partial charge in [0.1, 0.15) is 9.71 Å². The Labute approximate surface area is 187 Å². The van der Waals surface area contributed by atoms with Gasteiger partial charge < -0.3 is 9.64 Å². The molecule has 6 nitrogen and oxygen atoms in total. The summed E-state index contributed by atoms with van der Waals surface area (Å²) >= 11 is 7.28. The first-order valence-corrected chi connectivity index (χ1v) is 11.0. The van der Waals surface area contributed by atoms with Gasteiger partial charge in [0.15, 0.2) is 6.61 Å². The molecule has 0 radical (unpaired) electrons. The average molecular weight is 452 g/mol. The second-order valence-corrected chi connectivity index (χ2v) is 8.77. The van der Waals surface area contributed by atoms with Crippen molar-refractivity contribution in [3.8, 4) is 5.69 Å². The normalized spacial score (nSPS) is 12.9. The molecule has 0 aliphatic carbocycles. The van der Waals surface area contributed by atoms with Crippen LogP contribution in [0.1, 0.15) is 20.9 Å². The summed E-state index contributed by atoms with van der Waals surface area (Å²) in [6, 6.07) is 16.9. The zero-order valence-corrected chi connectivity index (χ0v) is 18.2. The van der Waals surface area contributed by atoms with E-state index in [-0.39, 0.29) is 12.5 Å². The second-order valence-electron chi connectivity index (χ2n) is 7.30. The Morgan fingerprint density at radius 2 is 1.94 bits per heavy atom. The van der Waals surface area contributed by atoms with E-state index < -0.39 is 5.97 Å². The molecule has 0 spiro atoms. The van der Waals surface area contributed by atoms with Crippen molar-refractivity contribution in [3.05, 3.63) is 75.8 Å². The molecule has 2 aromatic carbocycles. The molecule has 31 heavy (non-hydrogen) atoms. The van der Waals surface area contributed by atoms with Crippen molar-refractivity contribution in [2.24, 2.45) is 0 Å². The number of carbonyl (C=O) groups is 2. The summed E-state index contributed by atoms with van der Waals surface area (Å²) in [4.78, 5) is 28.2. The van der Waals surface area contributed by atoms with Gasteiger partial charge in [-0.2, -0.15) is 5.10 Å². The summed E-state index contributed by atoms with van der Waals surface area (Å²) < 4.78 is 7.14. The number of amides is 1. The fourth-order valence-corrected chi connectivity index (χ4v) is 4.98. The van der Waals surface area contributed by atoms with Gasteiger partial charge in [0.05, 0.1) is 11.4 Å². The van der Waals surface area contributed by atoms with E-state index in [1.807, 2.05) is 43.3 Å². The Hall–Kier alpha value is -3.16. The highest BCUT2D eigenvalue weighted by atomic mass is 35.5. The number of hydrogen-bond acceptors (Lipinski definition) is 5. The fourth-order valence-electron chi connectivity index (χ4n) is 3.78. The molecule has 0 unspecified atom stereocenters. The number of nitrogens with zero attached hydrogens (tertiary/aromatic N) is 3. The number of aryl methyl sites for hydroxylation is 1. The number of para-hydroxylation sites is 1. The first-order valence-electron chi connectivity index (χ1n) is 9.82. The number of thiophene rings is 1. The molecule has 5 rings (SSSR count). The number of fused-ring (bicyclic) bond motifs is 2. The minimum Gasteiger partial charge on any atom is -0.451 e. The highest BCUT2D eigenvalue weighted by Crippen LogP contribution is 2.31. The fraction of sp³-hybridized carbons (Fsp3) is 0.174. The van der Waals surface area contributed by atoms with Gasteiger partial charge >= 0.3 is 5.97 Å². The summed E-state index contributed by atoms with van der Waals surface area (Å²) in [5, 5.41) is 6.09. The van der Waals surface area contributed by atoms with Crippen LogP contribution in [0.3, 0.4) is 0 Å². The predicted molar refractivity (Wildman–Crippen MR) is 121 cm³/mol. The third kappa shape index (κ3) is 3.60. The standard InChI is InChI=1S/C23H18ClN3O3S/c1-14-18-12-20(31-22(18)27(25-14)17-8-6-16(24)7-9-17)23(29)30-13-21(28)26-11-10-15-4-2-3-5-19(15)26/h2-9,12H,10-11,13H2,1H3. The topological polar surface area (TPSA) is 64.4 Å². The van der Waals surface area contributed by atoms with Crippen molar-refractivity contribution < 1.29 is 14.3 Å². The van der Waals surface area contributed by atoms with Crippen LogP contribution in [-0.2, 0) is 16.0 Å². The number of esters is 1. The van der Waals surface area contributed by atoms with Gasteiger partial charge in [-0.1, -0.05) is 29.8 Å². The minimum atomic E-state index is -0.510. The lowest BCUT2D eigenvalue weighted by molar-refractivity contribution is -0.121. The largest absolute Gasteiger partial charge is 0.451 e. The lowest BCUT2D eigenvalue weighted by Crippen LogP contribution is -2.33. The van der Waals surface area contributed by atoms with Crippen molar-refractivity contribution in [2.75, 3.05) is 18.1 Å². The van der Waals surface area contributed by atoms with Crippen molar-refractivity contribution in [3.63, 3.8) is 0 Å². The van der Waals surface area contributed by atoms with E-state index in [0.29, 0.717) is 16.4 Å². The Balaban J connectivity index is 1.33. The van der Waals surface area contributed by atoms with Gasteiger partial charge in [0.2, 0.25) is 0 Å². The van der Waals surface area contributed by atoms with Gasteiger partial charge in [0.25, 0.3) is 5.91 Å². The summed E-state index contributed by atoms with van der Waals surface area (Å²) in [7, 11) is 0. The van der Waals surface area contributed by atoms with Gasteiger partial charge in [0, 0.05) is 22.6 Å². The third-order valence-corrected chi connectivity index (χ3v) is 6.67. The van der Waals surface area contributed by atoms with Crippen LogP contribution < -0.4 is 4.90 Å². The van der Waals surface area contributed by atoms with Crippen LogP contribution >= 0.6 is 22.9 Å². The number of carbonyl (C=O) groups excluding carboxylic acids is 2. The van der Waals surface area contributed by atoms with Crippen molar-refractivity contribution in [2.45, 2.75) is 13.3 Å². The molecule has 2 aromatic heterocycles. The maximum absolute atomic E-state index is 12.7. The smallest absolute Gasteiger partial charge is 0.348 e. The lowest BCUT2D eigenvalue weighted by atomic mass is 10.2. The quantitative estimate of drug-likeness (QED) is 0.418. The van der Waals surface area contributed by atoms with Gasteiger partial charge in [-0.15, -0.1) is 11.3 Å². The molecular weight excluding hydrogens is 434 g/mol. The molecule has 156 valence electrons. The molecule has 0 fully saturated rings. The summed E-state index contributed by atoms with van der Waals surface area (Å²) in [5.74, 6) is -0.730. The molecule has 4 aromatic rings. The van der Waals surface area contributed by atoms with Gasteiger partial charge in [-0.25, -0.2) is 9.48 Å². The van der Waals surface area contributed by atoms with Crippen LogP contribution in [0.2, 0.25) is 5.02 Å². The highest BCUT2D eigenvalue weighted by Gasteiger charge is 2.25. The third-order valence-electron chi connectivity index (χ3n) is 5.33. The number of halogens is 1. The van der Waals surface area contributed by atoms with Gasteiger partial charge in [-0.3, -0.25) is 4.79 Å². The zero-order chi connectivity index (χ0) is 21.5. The van der Waals surface area contributed by atoms with E-state index in [4.69, 9.17) is 16.3 Å². The van der Waals surface area contributed by atoms with Crippen LogP contribution in [0.25, 0.3) is 15.9 Å². The van der Waals surface area contributed by atoms with Crippen LogP contribution in [0.5, 0.6) is 0 Å². The first-order chi connectivity index (χ1) is 15.0. The van der Waals surface area contributed by atoms with Crippen LogP contribution in [0, 0.1) is 6.92 Å². The Kier molecular flexibility index (Phi) is 5.00. The Bertz CT molecular complexity index is 1310. The van der Waals surface area contributed by atoms with E-state index in [9.17, 15) is 9.59 Å². The molecule has 1 aliphatic rings. The van der Waals surface area contributed by atoms with E-state index >= 15 is 0 Å². The first kappa shape index (κ1) is 19.8. The molecule has 0 saturated heterocycles. The molecule has 0 N–H and O–H groups in total. The molecule has 8 heteroatoms. The number of anilines is 1. The Morgan fingerprint density at radius 1 is 1.16 bits per heavy atom. The van der Waals surface area contributed by atoms with Gasteiger partial charge in [-0.05, 0) is 55.3 Å². The van der Waals surface area contributed by atoms with Crippen LogP contribution in [-0.4, -0.2) is 34.8 Å². The molecular formula is C23H18ClN3O3S. The molecule has 0 atom stereocenters. The molecule has 0 bridgehead atoms. The Morgan fingerprint density at radius 3 is 2.74 bits per heavy atom. The summed E-state index contributed by atoms with van der Waals surface area (Å²) in [6.45, 7) is 2.21. The highest BCUT2D eigenvalue weighted by molar-refractivity contribution is 7.20. The van der Waals surface area contributed by atoms with E-state index in [1.54, 1.807) is 27.8 Å². The minimum absolute atomic E-state index is 0.220. The predicted octanol–water partition coefficient (Wildman–Crippen LogP) is 4.79. The zero-order valence-electron chi connectivity index (χ0n) is 16.7. The lowest BCUT2D eigenvalue weighted by Gasteiger charge is -2.16. The monoisotopic (exact) mass is 451 g/mol. The number of rotatable bonds is 4.